The smallest absolute Gasteiger partial charge is 0.325 e. The minimum Gasteiger partial charge on any atom is -0.468 e. The third kappa shape index (κ3) is 1.62. The Kier molecular flexibility index (Phi) is 2.51. The first-order chi connectivity index (χ1) is 8.02. The van der Waals surface area contributed by atoms with Gasteiger partial charge in [-0.1, -0.05) is 0 Å². The van der Waals surface area contributed by atoms with Gasteiger partial charge in [-0.3, -0.25) is 4.79 Å². The van der Waals surface area contributed by atoms with Crippen LogP contribution in [0.3, 0.4) is 0 Å². The SMILES string of the molecule is COC(=O)C(C)(N)C1C2CC3CC(C2)CC1C3. The number of carbonyl (C=O) groups is 1. The summed E-state index contributed by atoms with van der Waals surface area (Å²) in [6.45, 7) is 1.88. The Morgan fingerprint density at radius 1 is 1.12 bits per heavy atom. The standard InChI is InChI=1S/C14H23NO2/c1-14(15,13(16)17-2)12-10-4-8-3-9(6-10)7-11(12)5-8/h8-12H,3-7,15H2,1-2H3. The molecule has 0 saturated heterocycles. The van der Waals surface area contributed by atoms with Gasteiger partial charge in [-0.25, -0.2) is 0 Å². The molecular formula is C14H23NO2. The highest BCUT2D eigenvalue weighted by Crippen LogP contribution is 2.58. The number of hydrogen-bond acceptors (Lipinski definition) is 3. The summed E-state index contributed by atoms with van der Waals surface area (Å²) in [6.07, 6.45) is 6.60. The number of nitrogens with two attached hydrogens (primary N) is 1. The van der Waals surface area contributed by atoms with Crippen LogP contribution in [0.15, 0.2) is 0 Å². The van der Waals surface area contributed by atoms with Crippen LogP contribution < -0.4 is 5.73 Å². The molecule has 0 amide bonds. The topological polar surface area (TPSA) is 52.3 Å². The van der Waals surface area contributed by atoms with E-state index in [2.05, 4.69) is 0 Å². The molecule has 96 valence electrons. The van der Waals surface area contributed by atoms with Gasteiger partial charge < -0.3 is 10.5 Å². The lowest BCUT2D eigenvalue weighted by Crippen LogP contribution is -2.61. The number of methoxy groups -OCH3 is 1. The van der Waals surface area contributed by atoms with E-state index in [1.54, 1.807) is 0 Å². The Hall–Kier alpha value is -0.570. The zero-order valence-corrected chi connectivity index (χ0v) is 10.8. The molecule has 17 heavy (non-hydrogen) atoms. The fraction of sp³-hybridized carbons (Fsp3) is 0.929. The van der Waals surface area contributed by atoms with Crippen molar-refractivity contribution < 1.29 is 9.53 Å². The molecule has 2 N–H and O–H groups in total. The van der Waals surface area contributed by atoms with Crippen LogP contribution >= 0.6 is 0 Å². The van der Waals surface area contributed by atoms with E-state index >= 15 is 0 Å². The predicted molar refractivity (Wildman–Crippen MR) is 65.1 cm³/mol. The van der Waals surface area contributed by atoms with Gasteiger partial charge in [0.15, 0.2) is 0 Å². The highest BCUT2D eigenvalue weighted by Gasteiger charge is 2.55. The summed E-state index contributed by atoms with van der Waals surface area (Å²) in [6, 6.07) is 0. The van der Waals surface area contributed by atoms with Crippen molar-refractivity contribution >= 4 is 5.97 Å². The van der Waals surface area contributed by atoms with Crippen LogP contribution in [0.1, 0.15) is 39.0 Å². The van der Waals surface area contributed by atoms with Gasteiger partial charge in [-0.15, -0.1) is 0 Å². The first-order valence-corrected chi connectivity index (χ1v) is 6.89. The quantitative estimate of drug-likeness (QED) is 0.747. The van der Waals surface area contributed by atoms with Gasteiger partial charge in [0, 0.05) is 0 Å². The summed E-state index contributed by atoms with van der Waals surface area (Å²) >= 11 is 0. The van der Waals surface area contributed by atoms with Gasteiger partial charge in [-0.2, -0.15) is 0 Å². The molecule has 4 aliphatic rings. The van der Waals surface area contributed by atoms with Crippen molar-refractivity contribution in [3.8, 4) is 0 Å². The number of carbonyl (C=O) groups excluding carboxylic acids is 1. The lowest BCUT2D eigenvalue weighted by Gasteiger charge is -2.57. The lowest BCUT2D eigenvalue weighted by atomic mass is 9.48. The number of hydrogen-bond donors (Lipinski definition) is 1. The van der Waals surface area contributed by atoms with Gasteiger partial charge in [0.05, 0.1) is 7.11 Å². The van der Waals surface area contributed by atoms with Crippen molar-refractivity contribution in [1.82, 2.24) is 0 Å². The largest absolute Gasteiger partial charge is 0.468 e. The first-order valence-electron chi connectivity index (χ1n) is 6.89. The zero-order valence-electron chi connectivity index (χ0n) is 10.8. The molecule has 0 aliphatic heterocycles. The third-order valence-electron chi connectivity index (χ3n) is 5.54. The van der Waals surface area contributed by atoms with Crippen molar-refractivity contribution in [3.05, 3.63) is 0 Å². The van der Waals surface area contributed by atoms with Crippen LogP contribution in [0.2, 0.25) is 0 Å². The first kappa shape index (κ1) is 11.5. The number of esters is 1. The van der Waals surface area contributed by atoms with E-state index in [-0.39, 0.29) is 5.97 Å². The summed E-state index contributed by atoms with van der Waals surface area (Å²) in [5, 5.41) is 0. The Morgan fingerprint density at radius 2 is 1.59 bits per heavy atom. The van der Waals surface area contributed by atoms with Crippen LogP contribution in [0, 0.1) is 29.6 Å². The molecule has 4 fully saturated rings. The van der Waals surface area contributed by atoms with Crippen LogP contribution in [0.5, 0.6) is 0 Å². The van der Waals surface area contributed by atoms with E-state index in [0.717, 1.165) is 11.8 Å². The molecule has 4 rings (SSSR count). The van der Waals surface area contributed by atoms with Crippen molar-refractivity contribution in [2.45, 2.75) is 44.6 Å². The molecule has 0 radical (unpaired) electrons. The van der Waals surface area contributed by atoms with Gasteiger partial charge in [0.1, 0.15) is 5.54 Å². The lowest BCUT2D eigenvalue weighted by molar-refractivity contribution is -0.156. The van der Waals surface area contributed by atoms with E-state index in [4.69, 9.17) is 10.5 Å². The Bertz CT molecular complexity index is 309. The molecular weight excluding hydrogens is 214 g/mol. The van der Waals surface area contributed by atoms with Crippen molar-refractivity contribution in [2.75, 3.05) is 7.11 Å². The van der Waals surface area contributed by atoms with Crippen molar-refractivity contribution in [1.29, 1.82) is 0 Å². The molecule has 0 spiro atoms. The van der Waals surface area contributed by atoms with Gasteiger partial charge in [0.2, 0.25) is 0 Å². The monoisotopic (exact) mass is 237 g/mol. The molecule has 0 heterocycles. The van der Waals surface area contributed by atoms with Gasteiger partial charge in [-0.05, 0) is 68.6 Å². The maximum atomic E-state index is 11.9. The summed E-state index contributed by atoms with van der Waals surface area (Å²) in [7, 11) is 1.45. The van der Waals surface area contributed by atoms with Crippen LogP contribution in [-0.4, -0.2) is 18.6 Å². The van der Waals surface area contributed by atoms with Crippen LogP contribution in [0.4, 0.5) is 0 Å². The van der Waals surface area contributed by atoms with E-state index in [1.165, 1.54) is 39.2 Å². The van der Waals surface area contributed by atoms with Crippen LogP contribution in [0.25, 0.3) is 0 Å². The molecule has 1 unspecified atom stereocenters. The average Bonchev–Trinajstić information content (AvgIpc) is 2.25. The maximum Gasteiger partial charge on any atom is 0.325 e. The molecule has 0 aromatic carbocycles. The van der Waals surface area contributed by atoms with E-state index in [0.29, 0.717) is 17.8 Å². The molecule has 1 atom stereocenters. The van der Waals surface area contributed by atoms with E-state index in [1.807, 2.05) is 6.92 Å². The van der Waals surface area contributed by atoms with Gasteiger partial charge in [0.25, 0.3) is 0 Å². The second-order valence-corrected chi connectivity index (χ2v) is 6.73. The average molecular weight is 237 g/mol. The third-order valence-corrected chi connectivity index (χ3v) is 5.54. The molecule has 0 aromatic heterocycles. The Labute approximate surface area is 103 Å². The number of rotatable bonds is 2. The highest BCUT2D eigenvalue weighted by molar-refractivity contribution is 5.80. The molecule has 3 heteroatoms. The molecule has 4 bridgehead atoms. The molecule has 0 aromatic rings. The zero-order chi connectivity index (χ0) is 12.2. The summed E-state index contributed by atoms with van der Waals surface area (Å²) in [5.74, 6) is 3.29. The second kappa shape index (κ2) is 3.71. The minimum absolute atomic E-state index is 0.227. The summed E-state index contributed by atoms with van der Waals surface area (Å²) in [4.78, 5) is 11.9. The number of ether oxygens (including phenoxy) is 1. The molecule has 4 saturated carbocycles. The summed E-state index contributed by atoms with van der Waals surface area (Å²) < 4.78 is 4.91. The molecule has 3 nitrogen and oxygen atoms in total. The van der Waals surface area contributed by atoms with E-state index < -0.39 is 5.54 Å². The molecule has 4 aliphatic carbocycles. The Balaban J connectivity index is 1.86. The van der Waals surface area contributed by atoms with Crippen LogP contribution in [-0.2, 0) is 9.53 Å². The van der Waals surface area contributed by atoms with E-state index in [9.17, 15) is 4.79 Å². The maximum absolute atomic E-state index is 11.9. The normalized spacial score (nSPS) is 46.6. The summed E-state index contributed by atoms with van der Waals surface area (Å²) in [5.41, 5.74) is 5.54. The fourth-order valence-electron chi connectivity index (χ4n) is 5.26. The predicted octanol–water partition coefficient (Wildman–Crippen LogP) is 1.95. The second-order valence-electron chi connectivity index (χ2n) is 6.73. The fourth-order valence-corrected chi connectivity index (χ4v) is 5.26. The van der Waals surface area contributed by atoms with Crippen molar-refractivity contribution in [2.24, 2.45) is 35.3 Å². The van der Waals surface area contributed by atoms with Crippen molar-refractivity contribution in [3.63, 3.8) is 0 Å². The Morgan fingerprint density at radius 3 is 2.00 bits per heavy atom. The highest BCUT2D eigenvalue weighted by atomic mass is 16.5. The van der Waals surface area contributed by atoms with Gasteiger partial charge >= 0.3 is 5.97 Å². The minimum atomic E-state index is -0.780.